The summed E-state index contributed by atoms with van der Waals surface area (Å²) in [4.78, 5) is 25.3. The van der Waals surface area contributed by atoms with E-state index in [1.807, 2.05) is 6.92 Å². The topological polar surface area (TPSA) is 47.3 Å². The Labute approximate surface area is 130 Å². The van der Waals surface area contributed by atoms with E-state index in [4.69, 9.17) is 4.42 Å². The number of aryl methyl sites for hydroxylation is 1. The van der Waals surface area contributed by atoms with E-state index in [0.29, 0.717) is 22.8 Å². The largest absolute Gasteiger partial charge is 0.463 e. The van der Waals surface area contributed by atoms with Gasteiger partial charge in [-0.1, -0.05) is 25.5 Å². The van der Waals surface area contributed by atoms with Crippen molar-refractivity contribution in [3.05, 3.63) is 40.4 Å². The van der Waals surface area contributed by atoms with Crippen molar-refractivity contribution >= 4 is 17.1 Å². The van der Waals surface area contributed by atoms with E-state index in [9.17, 15) is 9.59 Å². The van der Waals surface area contributed by atoms with E-state index >= 15 is 0 Å². The summed E-state index contributed by atoms with van der Waals surface area (Å²) in [5.41, 5.74) is 4.10. The van der Waals surface area contributed by atoms with Crippen LogP contribution in [0.15, 0.2) is 27.9 Å². The molecule has 0 radical (unpaired) electrons. The lowest BCUT2D eigenvalue weighted by atomic mass is 9.60. The zero-order valence-corrected chi connectivity index (χ0v) is 13.3. The van der Waals surface area contributed by atoms with E-state index in [1.165, 1.54) is 12.0 Å². The number of furan rings is 1. The SMILES string of the molecule is Cc1coc2c1C(=O)C(=O)C1=C3CCCC(C)(C)C3CC=C12. The lowest BCUT2D eigenvalue weighted by Crippen LogP contribution is -2.35. The quantitative estimate of drug-likeness (QED) is 0.672. The molecule has 0 aromatic carbocycles. The molecule has 0 saturated heterocycles. The van der Waals surface area contributed by atoms with Crippen molar-refractivity contribution in [3.8, 4) is 0 Å². The first kappa shape index (κ1) is 13.7. The summed E-state index contributed by atoms with van der Waals surface area (Å²) in [5, 5.41) is 0. The highest BCUT2D eigenvalue weighted by atomic mass is 16.3. The van der Waals surface area contributed by atoms with Crippen LogP contribution >= 0.6 is 0 Å². The number of Topliss-reactive ketones (excluding diaryl/α,β-unsaturated/α-hetero) is 2. The number of hydrogen-bond acceptors (Lipinski definition) is 3. The van der Waals surface area contributed by atoms with Crippen molar-refractivity contribution in [2.24, 2.45) is 11.3 Å². The van der Waals surface area contributed by atoms with E-state index < -0.39 is 5.78 Å². The molecule has 22 heavy (non-hydrogen) atoms. The van der Waals surface area contributed by atoms with Gasteiger partial charge in [-0.05, 0) is 49.5 Å². The summed E-state index contributed by atoms with van der Waals surface area (Å²) in [6.45, 7) is 6.36. The van der Waals surface area contributed by atoms with E-state index in [0.717, 1.165) is 30.4 Å². The van der Waals surface area contributed by atoms with Gasteiger partial charge in [-0.3, -0.25) is 9.59 Å². The third-order valence-corrected chi connectivity index (χ3v) is 5.66. The second-order valence-electron chi connectivity index (χ2n) is 7.43. The summed E-state index contributed by atoms with van der Waals surface area (Å²) >= 11 is 0. The fourth-order valence-electron chi connectivity index (χ4n) is 4.45. The van der Waals surface area contributed by atoms with Crippen molar-refractivity contribution in [2.45, 2.75) is 46.5 Å². The monoisotopic (exact) mass is 296 g/mol. The minimum Gasteiger partial charge on any atom is -0.463 e. The van der Waals surface area contributed by atoms with Crippen LogP contribution in [-0.2, 0) is 4.79 Å². The molecule has 1 atom stereocenters. The molecule has 0 aliphatic heterocycles. The van der Waals surface area contributed by atoms with Gasteiger partial charge in [-0.2, -0.15) is 0 Å². The molecule has 4 rings (SSSR count). The second kappa shape index (κ2) is 4.31. The number of fused-ring (bicyclic) bond motifs is 4. The Morgan fingerprint density at radius 2 is 2.00 bits per heavy atom. The van der Waals surface area contributed by atoms with Crippen molar-refractivity contribution in [2.75, 3.05) is 0 Å². The van der Waals surface area contributed by atoms with E-state index in [-0.39, 0.29) is 11.2 Å². The maximum absolute atomic E-state index is 12.7. The predicted molar refractivity (Wildman–Crippen MR) is 83.5 cm³/mol. The first-order chi connectivity index (χ1) is 10.4. The number of ketones is 2. The maximum atomic E-state index is 12.7. The van der Waals surface area contributed by atoms with Crippen LogP contribution in [-0.4, -0.2) is 11.6 Å². The molecule has 1 saturated carbocycles. The molecule has 1 fully saturated rings. The van der Waals surface area contributed by atoms with Crippen molar-refractivity contribution < 1.29 is 14.0 Å². The lowest BCUT2D eigenvalue weighted by molar-refractivity contribution is -0.111. The summed E-state index contributed by atoms with van der Waals surface area (Å²) in [7, 11) is 0. The molecule has 3 nitrogen and oxygen atoms in total. The Kier molecular flexibility index (Phi) is 2.69. The molecule has 0 amide bonds. The van der Waals surface area contributed by atoms with Gasteiger partial charge in [0.25, 0.3) is 0 Å². The van der Waals surface area contributed by atoms with Gasteiger partial charge in [-0.15, -0.1) is 0 Å². The third-order valence-electron chi connectivity index (χ3n) is 5.66. The molecule has 3 aliphatic carbocycles. The summed E-state index contributed by atoms with van der Waals surface area (Å²) in [5.74, 6) is 0.242. The molecule has 1 aromatic heterocycles. The van der Waals surface area contributed by atoms with Gasteiger partial charge >= 0.3 is 0 Å². The number of rotatable bonds is 0. The van der Waals surface area contributed by atoms with Crippen LogP contribution in [0.4, 0.5) is 0 Å². The molecular formula is C19H20O3. The van der Waals surface area contributed by atoms with E-state index in [1.54, 1.807) is 6.26 Å². The minimum absolute atomic E-state index is 0.186. The third kappa shape index (κ3) is 1.62. The molecule has 114 valence electrons. The van der Waals surface area contributed by atoms with Gasteiger partial charge in [-0.25, -0.2) is 0 Å². The Hall–Kier alpha value is -1.90. The van der Waals surface area contributed by atoms with E-state index in [2.05, 4.69) is 19.9 Å². The molecule has 1 unspecified atom stereocenters. The van der Waals surface area contributed by atoms with Crippen LogP contribution in [0.2, 0.25) is 0 Å². The highest BCUT2D eigenvalue weighted by Crippen LogP contribution is 2.52. The normalized spacial score (nSPS) is 26.3. The summed E-state index contributed by atoms with van der Waals surface area (Å²) in [6, 6.07) is 0. The maximum Gasteiger partial charge on any atom is 0.237 e. The standard InChI is InChI=1S/C19H20O3/c1-10-9-22-18-12-6-7-13-11(5-4-8-19(13,2)3)15(12)17(21)16(20)14(10)18/h6,9,13H,4-5,7-8H2,1-3H3. The van der Waals surface area contributed by atoms with Gasteiger partial charge < -0.3 is 4.42 Å². The average Bonchev–Trinajstić information content (AvgIpc) is 2.86. The van der Waals surface area contributed by atoms with Gasteiger partial charge in [0.1, 0.15) is 5.76 Å². The smallest absolute Gasteiger partial charge is 0.237 e. The number of hydrogen-bond donors (Lipinski definition) is 0. The van der Waals surface area contributed by atoms with Crippen LogP contribution in [0.1, 0.15) is 61.2 Å². The van der Waals surface area contributed by atoms with Crippen LogP contribution < -0.4 is 0 Å². The second-order valence-corrected chi connectivity index (χ2v) is 7.43. The van der Waals surface area contributed by atoms with Crippen LogP contribution in [0.25, 0.3) is 5.57 Å². The number of carbonyl (C=O) groups excluding carboxylic acids is 2. The fraction of sp³-hybridized carbons (Fsp3) is 0.474. The average molecular weight is 296 g/mol. The molecule has 0 bridgehead atoms. The summed E-state index contributed by atoms with van der Waals surface area (Å²) < 4.78 is 5.63. The predicted octanol–water partition coefficient (Wildman–Crippen LogP) is 4.26. The Bertz CT molecular complexity index is 771. The molecule has 0 N–H and O–H groups in total. The lowest BCUT2D eigenvalue weighted by Gasteiger charge is -2.43. The van der Waals surface area contributed by atoms with Gasteiger partial charge in [0, 0.05) is 11.1 Å². The number of allylic oxidation sites excluding steroid dienone is 4. The zero-order chi connectivity index (χ0) is 15.6. The van der Waals surface area contributed by atoms with Crippen LogP contribution in [0, 0.1) is 18.3 Å². The Morgan fingerprint density at radius 1 is 1.23 bits per heavy atom. The molecule has 3 heteroatoms. The highest BCUT2D eigenvalue weighted by molar-refractivity contribution is 6.55. The van der Waals surface area contributed by atoms with Crippen LogP contribution in [0.3, 0.4) is 0 Å². The Morgan fingerprint density at radius 3 is 2.77 bits per heavy atom. The Balaban J connectivity index is 1.96. The van der Waals surface area contributed by atoms with Crippen molar-refractivity contribution in [3.63, 3.8) is 0 Å². The minimum atomic E-state index is -0.398. The summed E-state index contributed by atoms with van der Waals surface area (Å²) in [6.07, 6.45) is 7.81. The highest BCUT2D eigenvalue weighted by Gasteiger charge is 2.45. The fourth-order valence-corrected chi connectivity index (χ4v) is 4.45. The molecular weight excluding hydrogens is 276 g/mol. The molecule has 3 aliphatic rings. The first-order valence-electron chi connectivity index (χ1n) is 8.03. The number of carbonyl (C=O) groups is 2. The van der Waals surface area contributed by atoms with Crippen molar-refractivity contribution in [1.29, 1.82) is 0 Å². The molecule has 1 heterocycles. The van der Waals surface area contributed by atoms with Gasteiger partial charge in [0.05, 0.1) is 11.8 Å². The van der Waals surface area contributed by atoms with Gasteiger partial charge in [0.2, 0.25) is 11.6 Å². The molecule has 0 spiro atoms. The first-order valence-corrected chi connectivity index (χ1v) is 8.03. The van der Waals surface area contributed by atoms with Gasteiger partial charge in [0.15, 0.2) is 0 Å². The van der Waals surface area contributed by atoms with Crippen molar-refractivity contribution in [1.82, 2.24) is 0 Å². The van der Waals surface area contributed by atoms with Crippen LogP contribution in [0.5, 0.6) is 0 Å². The molecule has 1 aromatic rings. The zero-order valence-electron chi connectivity index (χ0n) is 13.3.